The van der Waals surface area contributed by atoms with Crippen molar-refractivity contribution in [1.82, 2.24) is 24.4 Å². The molecule has 4 amide bonds. The number of nitrogens with one attached hydrogen (secondary N) is 1. The number of rotatable bonds is 18. The number of carbonyl (C=O) groups is 5. The van der Waals surface area contributed by atoms with Gasteiger partial charge in [-0.05, 0) is 72.7 Å². The third-order valence-electron chi connectivity index (χ3n) is 11.9. The number of nitrogens with zero attached hydrogens (tertiary/aromatic N) is 5. The highest BCUT2D eigenvalue weighted by Crippen LogP contribution is 2.35. The summed E-state index contributed by atoms with van der Waals surface area (Å²) in [6.07, 6.45) is 8.46. The lowest BCUT2D eigenvalue weighted by atomic mass is 9.97. The second-order valence-corrected chi connectivity index (χ2v) is 16.5. The Morgan fingerprint density at radius 1 is 0.839 bits per heavy atom. The topological polar surface area (TPSA) is 136 Å². The van der Waals surface area contributed by atoms with Gasteiger partial charge in [0.1, 0.15) is 23.7 Å². The highest BCUT2D eigenvalue weighted by atomic mass is 16.3. The summed E-state index contributed by atoms with van der Waals surface area (Å²) in [6.45, 7) is 6.09. The van der Waals surface area contributed by atoms with E-state index in [1.807, 2.05) is 73.8 Å². The van der Waals surface area contributed by atoms with Crippen molar-refractivity contribution in [3.63, 3.8) is 0 Å². The summed E-state index contributed by atoms with van der Waals surface area (Å²) in [6, 6.07) is 29.5. The van der Waals surface area contributed by atoms with E-state index in [0.29, 0.717) is 19.3 Å². The number of carbonyl (C=O) groups excluding carboxylic acids is 5. The number of piperazine rings is 1. The largest absolute Gasteiger partial charge is 0.508 e. The average molecular weight is 837 g/mol. The van der Waals surface area contributed by atoms with Crippen molar-refractivity contribution < 1.29 is 29.1 Å². The first kappa shape index (κ1) is 43.6. The summed E-state index contributed by atoms with van der Waals surface area (Å²) in [7, 11) is 1.98. The predicted octanol–water partition coefficient (Wildman–Crippen LogP) is 7.41. The molecule has 62 heavy (non-hydrogen) atoms. The number of unbranched alkanes of at least 4 members (excludes halogenated alkanes) is 3. The Hall–Kier alpha value is -6.53. The highest BCUT2D eigenvalue weighted by Gasteiger charge is 2.51. The second-order valence-electron chi connectivity index (χ2n) is 16.5. The molecule has 3 heterocycles. The molecule has 12 nitrogen and oxygen atoms in total. The third kappa shape index (κ3) is 10.1. The zero-order valence-corrected chi connectivity index (χ0v) is 35.7. The summed E-state index contributed by atoms with van der Waals surface area (Å²) in [4.78, 5) is 70.4. The van der Waals surface area contributed by atoms with E-state index in [2.05, 4.69) is 28.7 Å². The van der Waals surface area contributed by atoms with Crippen LogP contribution in [-0.4, -0.2) is 90.7 Å². The number of aromatic hydroxyl groups is 1. The van der Waals surface area contributed by atoms with Gasteiger partial charge in [-0.25, -0.2) is 10.0 Å². The number of ketones is 1. The van der Waals surface area contributed by atoms with Gasteiger partial charge in [0.2, 0.25) is 23.6 Å². The molecule has 2 saturated heterocycles. The van der Waals surface area contributed by atoms with Crippen LogP contribution in [0, 0.1) is 0 Å². The van der Waals surface area contributed by atoms with Crippen molar-refractivity contribution in [1.29, 1.82) is 0 Å². The molecular formula is C50H56N6O6. The number of hydrazine groups is 1. The average Bonchev–Trinajstić information content (AvgIpc) is 3.60. The summed E-state index contributed by atoms with van der Waals surface area (Å²) in [5, 5.41) is 17.5. The Morgan fingerprint density at radius 2 is 1.56 bits per heavy atom. The molecule has 12 heteroatoms. The first-order chi connectivity index (χ1) is 30.0. The van der Waals surface area contributed by atoms with Crippen LogP contribution in [0.2, 0.25) is 0 Å². The van der Waals surface area contributed by atoms with E-state index in [-0.39, 0.29) is 74.2 Å². The maximum absolute atomic E-state index is 14.8. The van der Waals surface area contributed by atoms with E-state index in [0.717, 1.165) is 70.1 Å². The number of hydrogen-bond donors (Lipinski definition) is 2. The standard InChI is InChI=1S/C50H56N6O6/c1-4-29-54-34-48(61)55-44(30-37-19-26-41(58)27-20-37)50(62)53(33-46(55)56(54)47(60)28-21-36-14-9-7-10-15-36)31-39-16-12-17-42-43(32-52(3)49(39)42)38-22-24-40(25-23-38)51-45(59)18-11-6-5-8-13-35(2)57/h4,7,9-10,12,14-17,19-20,22-27,32,44,46,58H,1,5-6,8,11,13,18,21,28-31,33-34H2,2-3H3,(H,51,59)/t44-,46-/m0/s1. The number of anilines is 1. The number of aryl methyl sites for hydroxylation is 2. The molecule has 0 saturated carbocycles. The molecule has 0 spiro atoms. The smallest absolute Gasteiger partial charge is 0.246 e. The van der Waals surface area contributed by atoms with Crippen molar-refractivity contribution in [2.24, 2.45) is 7.05 Å². The number of benzene rings is 4. The minimum Gasteiger partial charge on any atom is -0.508 e. The van der Waals surface area contributed by atoms with Crippen LogP contribution in [0.4, 0.5) is 5.69 Å². The monoisotopic (exact) mass is 836 g/mol. The van der Waals surface area contributed by atoms with Crippen LogP contribution in [0.25, 0.3) is 22.0 Å². The molecule has 0 aliphatic carbocycles. The SMILES string of the molecule is C=CCN1CC(=O)N2[C@@H](Cc3ccc(O)cc3)C(=O)N(Cc3cccc4c(-c5ccc(NC(=O)CCCCCCC(C)=O)cc5)cn(C)c34)C[C@@H]2N1C(=O)CCc1ccccc1. The van der Waals surface area contributed by atoms with Crippen molar-refractivity contribution >= 4 is 46.0 Å². The minimum absolute atomic E-state index is 0.0366. The summed E-state index contributed by atoms with van der Waals surface area (Å²) >= 11 is 0. The molecule has 0 bridgehead atoms. The summed E-state index contributed by atoms with van der Waals surface area (Å²) in [5.41, 5.74) is 6.38. The number of para-hydroxylation sites is 1. The van der Waals surface area contributed by atoms with Crippen molar-refractivity contribution in [2.75, 3.05) is 25.0 Å². The zero-order valence-electron chi connectivity index (χ0n) is 35.7. The highest BCUT2D eigenvalue weighted by molar-refractivity contribution is 5.99. The Kier molecular flexibility index (Phi) is 14.0. The number of hydrogen-bond acceptors (Lipinski definition) is 7. The first-order valence-corrected chi connectivity index (χ1v) is 21.6. The lowest BCUT2D eigenvalue weighted by Gasteiger charge is -2.55. The quantitative estimate of drug-likeness (QED) is 0.0694. The maximum Gasteiger partial charge on any atom is 0.246 e. The molecule has 0 unspecified atom stereocenters. The van der Waals surface area contributed by atoms with Gasteiger partial charge in [-0.15, -0.1) is 6.58 Å². The van der Waals surface area contributed by atoms with Crippen LogP contribution in [-0.2, 0) is 50.4 Å². The van der Waals surface area contributed by atoms with Crippen LogP contribution >= 0.6 is 0 Å². The molecule has 2 fully saturated rings. The number of Topliss-reactive ketones (excluding diaryl/α,β-unsaturated/α-hetero) is 1. The lowest BCUT2D eigenvalue weighted by Crippen LogP contribution is -2.75. The lowest BCUT2D eigenvalue weighted by molar-refractivity contribution is -0.205. The van der Waals surface area contributed by atoms with Crippen LogP contribution in [0.3, 0.4) is 0 Å². The number of phenolic OH excluding ortho intramolecular Hbond substituents is 1. The molecule has 2 aliphatic heterocycles. The predicted molar refractivity (Wildman–Crippen MR) is 240 cm³/mol. The van der Waals surface area contributed by atoms with Crippen molar-refractivity contribution in [3.8, 4) is 16.9 Å². The van der Waals surface area contributed by atoms with Crippen molar-refractivity contribution in [3.05, 3.63) is 133 Å². The van der Waals surface area contributed by atoms with E-state index in [9.17, 15) is 29.1 Å². The second kappa shape index (κ2) is 19.9. The first-order valence-electron chi connectivity index (χ1n) is 21.6. The van der Waals surface area contributed by atoms with Crippen LogP contribution in [0.5, 0.6) is 5.75 Å². The fourth-order valence-electron chi connectivity index (χ4n) is 8.86. The molecular weight excluding hydrogens is 781 g/mol. The summed E-state index contributed by atoms with van der Waals surface area (Å²) < 4.78 is 2.07. The fraction of sp³-hybridized carbons (Fsp3) is 0.340. The zero-order chi connectivity index (χ0) is 43.8. The van der Waals surface area contributed by atoms with Gasteiger partial charge >= 0.3 is 0 Å². The van der Waals surface area contributed by atoms with Gasteiger partial charge in [0.25, 0.3) is 0 Å². The molecule has 1 aromatic heterocycles. The van der Waals surface area contributed by atoms with E-state index in [1.54, 1.807) is 57.1 Å². The molecule has 2 N–H and O–H groups in total. The molecule has 2 aliphatic rings. The van der Waals surface area contributed by atoms with Gasteiger partial charge in [0.15, 0.2) is 0 Å². The Balaban J connectivity index is 1.14. The Morgan fingerprint density at radius 3 is 2.27 bits per heavy atom. The molecule has 322 valence electrons. The van der Waals surface area contributed by atoms with Crippen LogP contribution < -0.4 is 5.32 Å². The normalized spacial score (nSPS) is 16.7. The molecule has 5 aromatic rings. The number of aromatic nitrogens is 1. The van der Waals surface area contributed by atoms with E-state index in [1.165, 1.54) is 0 Å². The molecule has 2 atom stereocenters. The van der Waals surface area contributed by atoms with Gasteiger partial charge in [0, 0.05) is 68.7 Å². The van der Waals surface area contributed by atoms with E-state index >= 15 is 0 Å². The minimum atomic E-state index is -0.888. The fourth-order valence-corrected chi connectivity index (χ4v) is 8.86. The third-order valence-corrected chi connectivity index (χ3v) is 11.9. The van der Waals surface area contributed by atoms with Crippen molar-refractivity contribution in [2.45, 2.75) is 83.5 Å². The molecule has 7 rings (SSSR count). The van der Waals surface area contributed by atoms with E-state index < -0.39 is 12.2 Å². The van der Waals surface area contributed by atoms with Gasteiger partial charge in [-0.1, -0.05) is 91.7 Å². The maximum atomic E-state index is 14.8. The number of phenols is 1. The van der Waals surface area contributed by atoms with Gasteiger partial charge in [-0.3, -0.25) is 19.2 Å². The summed E-state index contributed by atoms with van der Waals surface area (Å²) in [5.74, 6) is -0.332. The van der Waals surface area contributed by atoms with Gasteiger partial charge < -0.3 is 29.6 Å². The van der Waals surface area contributed by atoms with Crippen LogP contribution in [0.1, 0.15) is 68.6 Å². The Labute approximate surface area is 363 Å². The number of fused-ring (bicyclic) bond motifs is 2. The van der Waals surface area contributed by atoms with E-state index in [4.69, 9.17) is 0 Å². The number of amides is 4. The van der Waals surface area contributed by atoms with Crippen LogP contribution in [0.15, 0.2) is 116 Å². The van der Waals surface area contributed by atoms with Gasteiger partial charge in [0.05, 0.1) is 18.6 Å². The molecule has 0 radical (unpaired) electrons. The van der Waals surface area contributed by atoms with Gasteiger partial charge in [-0.2, -0.15) is 0 Å². The Bertz CT molecular complexity index is 2410. The molecule has 4 aromatic carbocycles.